The molecule has 0 aliphatic carbocycles. The summed E-state index contributed by atoms with van der Waals surface area (Å²) in [5, 5.41) is 2.71. The van der Waals surface area contributed by atoms with E-state index >= 15 is 0 Å². The Labute approximate surface area is 168 Å². The van der Waals surface area contributed by atoms with Gasteiger partial charge in [-0.25, -0.2) is 0 Å². The van der Waals surface area contributed by atoms with Crippen LogP contribution in [0.3, 0.4) is 0 Å². The molecule has 1 N–H and O–H groups in total. The third kappa shape index (κ3) is 4.39. The molecule has 2 aromatic rings. The third-order valence-corrected chi connectivity index (χ3v) is 5.07. The summed E-state index contributed by atoms with van der Waals surface area (Å²) < 4.78 is 10.8. The van der Waals surface area contributed by atoms with Crippen LogP contribution >= 0.6 is 0 Å². The molecule has 0 aromatic heterocycles. The Kier molecular flexibility index (Phi) is 5.46. The standard InChI is InChI=1S/C22H22N2O5/c25-20(23-17-6-3-7-18(12-17)24-10-4-9-21(24)26)14-29-22(27)16-11-15-5-1-2-8-19(15)28-13-16/h1-3,5-8,12,16H,4,9-11,13-14H2,(H,23,25). The minimum atomic E-state index is -0.453. The van der Waals surface area contributed by atoms with Crippen molar-refractivity contribution < 1.29 is 23.9 Å². The van der Waals surface area contributed by atoms with Gasteiger partial charge in [-0.05, 0) is 42.7 Å². The van der Waals surface area contributed by atoms with Gasteiger partial charge >= 0.3 is 5.97 Å². The van der Waals surface area contributed by atoms with E-state index in [1.807, 2.05) is 30.3 Å². The number of ether oxygens (including phenoxy) is 2. The molecule has 2 aliphatic rings. The fraction of sp³-hybridized carbons (Fsp3) is 0.318. The largest absolute Gasteiger partial charge is 0.492 e. The number of fused-ring (bicyclic) bond motifs is 1. The maximum absolute atomic E-state index is 12.3. The molecule has 2 heterocycles. The summed E-state index contributed by atoms with van der Waals surface area (Å²) in [5.41, 5.74) is 2.26. The molecule has 0 bridgehead atoms. The van der Waals surface area contributed by atoms with E-state index < -0.39 is 17.8 Å². The first kappa shape index (κ1) is 19.0. The van der Waals surface area contributed by atoms with Crippen LogP contribution in [0.25, 0.3) is 0 Å². The third-order valence-electron chi connectivity index (χ3n) is 5.07. The summed E-state index contributed by atoms with van der Waals surface area (Å²) in [6, 6.07) is 14.7. The van der Waals surface area contributed by atoms with Gasteiger partial charge in [-0.2, -0.15) is 0 Å². The lowest BCUT2D eigenvalue weighted by Crippen LogP contribution is -2.32. The molecule has 7 heteroatoms. The fourth-order valence-corrected chi connectivity index (χ4v) is 3.60. The van der Waals surface area contributed by atoms with Gasteiger partial charge in [-0.3, -0.25) is 14.4 Å². The molecule has 0 spiro atoms. The van der Waals surface area contributed by atoms with E-state index in [1.54, 1.807) is 23.1 Å². The van der Waals surface area contributed by atoms with Crippen LogP contribution < -0.4 is 15.0 Å². The molecule has 0 saturated carbocycles. The number of hydrogen-bond acceptors (Lipinski definition) is 5. The van der Waals surface area contributed by atoms with E-state index in [0.29, 0.717) is 25.1 Å². The Hall–Kier alpha value is -3.35. The Bertz CT molecular complexity index is 942. The van der Waals surface area contributed by atoms with E-state index in [0.717, 1.165) is 23.4 Å². The van der Waals surface area contributed by atoms with Crippen LogP contribution in [0.2, 0.25) is 0 Å². The van der Waals surface area contributed by atoms with Gasteiger partial charge in [0.05, 0.1) is 5.92 Å². The molecule has 29 heavy (non-hydrogen) atoms. The van der Waals surface area contributed by atoms with Gasteiger partial charge in [-0.1, -0.05) is 24.3 Å². The number of para-hydroxylation sites is 1. The predicted molar refractivity (Wildman–Crippen MR) is 107 cm³/mol. The van der Waals surface area contributed by atoms with Crippen LogP contribution in [-0.4, -0.2) is 37.5 Å². The number of nitrogens with zero attached hydrogens (tertiary/aromatic N) is 1. The summed E-state index contributed by atoms with van der Waals surface area (Å²) in [4.78, 5) is 38.1. The molecule has 150 valence electrons. The zero-order chi connectivity index (χ0) is 20.2. The zero-order valence-electron chi connectivity index (χ0n) is 15.9. The SMILES string of the molecule is O=C(COC(=O)C1COc2ccccc2C1)Nc1cccc(N2CCCC2=O)c1. The second-order valence-corrected chi connectivity index (χ2v) is 7.17. The molecular formula is C22H22N2O5. The van der Waals surface area contributed by atoms with Crippen molar-refractivity contribution in [1.82, 2.24) is 0 Å². The minimum Gasteiger partial charge on any atom is -0.492 e. The lowest BCUT2D eigenvalue weighted by molar-refractivity contribution is -0.152. The zero-order valence-corrected chi connectivity index (χ0v) is 15.9. The van der Waals surface area contributed by atoms with Crippen molar-refractivity contribution in [3.05, 3.63) is 54.1 Å². The summed E-state index contributed by atoms with van der Waals surface area (Å²) in [7, 11) is 0. The number of carbonyl (C=O) groups is 3. The van der Waals surface area contributed by atoms with Crippen molar-refractivity contribution in [1.29, 1.82) is 0 Å². The fourth-order valence-electron chi connectivity index (χ4n) is 3.60. The second-order valence-electron chi connectivity index (χ2n) is 7.17. The molecule has 2 amide bonds. The molecule has 1 saturated heterocycles. The van der Waals surface area contributed by atoms with Crippen LogP contribution in [0.1, 0.15) is 18.4 Å². The topological polar surface area (TPSA) is 84.9 Å². The van der Waals surface area contributed by atoms with Crippen molar-refractivity contribution in [3.8, 4) is 5.75 Å². The monoisotopic (exact) mass is 394 g/mol. The number of nitrogens with one attached hydrogen (secondary N) is 1. The molecule has 2 aromatic carbocycles. The predicted octanol–water partition coefficient (Wildman–Crippen LogP) is 2.55. The highest BCUT2D eigenvalue weighted by molar-refractivity contribution is 5.97. The Morgan fingerprint density at radius 2 is 2.03 bits per heavy atom. The van der Waals surface area contributed by atoms with Crippen molar-refractivity contribution in [3.63, 3.8) is 0 Å². The molecule has 7 nitrogen and oxygen atoms in total. The molecule has 1 atom stereocenters. The maximum Gasteiger partial charge on any atom is 0.313 e. The van der Waals surface area contributed by atoms with E-state index in [2.05, 4.69) is 5.32 Å². The van der Waals surface area contributed by atoms with Gasteiger partial charge in [0.15, 0.2) is 6.61 Å². The van der Waals surface area contributed by atoms with E-state index in [9.17, 15) is 14.4 Å². The molecule has 4 rings (SSSR count). The average molecular weight is 394 g/mol. The number of rotatable bonds is 5. The van der Waals surface area contributed by atoms with Crippen molar-refractivity contribution in [2.24, 2.45) is 5.92 Å². The summed E-state index contributed by atoms with van der Waals surface area (Å²) in [6.07, 6.45) is 1.91. The first-order valence-corrected chi connectivity index (χ1v) is 9.68. The number of carbonyl (C=O) groups excluding carboxylic acids is 3. The number of amides is 2. The van der Waals surface area contributed by atoms with Gasteiger partial charge in [0, 0.05) is 24.3 Å². The van der Waals surface area contributed by atoms with Crippen LogP contribution in [0.4, 0.5) is 11.4 Å². The lowest BCUT2D eigenvalue weighted by Gasteiger charge is -2.23. The van der Waals surface area contributed by atoms with Crippen LogP contribution in [0.5, 0.6) is 5.75 Å². The Balaban J connectivity index is 1.29. The smallest absolute Gasteiger partial charge is 0.313 e. The first-order valence-electron chi connectivity index (χ1n) is 9.68. The number of hydrogen-bond donors (Lipinski definition) is 1. The Morgan fingerprint density at radius 3 is 2.86 bits per heavy atom. The Morgan fingerprint density at radius 1 is 1.17 bits per heavy atom. The van der Waals surface area contributed by atoms with Crippen molar-refractivity contribution in [2.45, 2.75) is 19.3 Å². The molecule has 2 aliphatic heterocycles. The summed E-state index contributed by atoms with van der Waals surface area (Å²) >= 11 is 0. The van der Waals surface area contributed by atoms with E-state index in [-0.39, 0.29) is 19.1 Å². The van der Waals surface area contributed by atoms with E-state index in [1.165, 1.54) is 0 Å². The second kappa shape index (κ2) is 8.34. The molecule has 0 radical (unpaired) electrons. The van der Waals surface area contributed by atoms with Crippen LogP contribution in [0.15, 0.2) is 48.5 Å². The minimum absolute atomic E-state index is 0.0821. The quantitative estimate of drug-likeness (QED) is 0.788. The number of anilines is 2. The highest BCUT2D eigenvalue weighted by atomic mass is 16.5. The normalized spacial score (nSPS) is 18.0. The molecule has 1 unspecified atom stereocenters. The lowest BCUT2D eigenvalue weighted by atomic mass is 9.97. The number of benzene rings is 2. The first-order chi connectivity index (χ1) is 14.1. The number of esters is 1. The van der Waals surface area contributed by atoms with Crippen LogP contribution in [-0.2, 0) is 25.5 Å². The highest BCUT2D eigenvalue weighted by Crippen LogP contribution is 2.27. The maximum atomic E-state index is 12.3. The van der Waals surface area contributed by atoms with Crippen molar-refractivity contribution in [2.75, 3.05) is 30.0 Å². The summed E-state index contributed by atoms with van der Waals surface area (Å²) in [6.45, 7) is 0.549. The van der Waals surface area contributed by atoms with E-state index in [4.69, 9.17) is 9.47 Å². The van der Waals surface area contributed by atoms with Gasteiger partial charge in [0.1, 0.15) is 12.4 Å². The summed E-state index contributed by atoms with van der Waals surface area (Å²) in [5.74, 6) is -0.446. The van der Waals surface area contributed by atoms with Crippen molar-refractivity contribution >= 4 is 29.2 Å². The van der Waals surface area contributed by atoms with Gasteiger partial charge < -0.3 is 19.7 Å². The molecular weight excluding hydrogens is 372 g/mol. The van der Waals surface area contributed by atoms with Gasteiger partial charge in [0.25, 0.3) is 5.91 Å². The highest BCUT2D eigenvalue weighted by Gasteiger charge is 2.27. The van der Waals surface area contributed by atoms with Gasteiger partial charge in [-0.15, -0.1) is 0 Å². The average Bonchev–Trinajstić information content (AvgIpc) is 3.17. The van der Waals surface area contributed by atoms with Crippen LogP contribution in [0, 0.1) is 5.92 Å². The molecule has 1 fully saturated rings. The van der Waals surface area contributed by atoms with Gasteiger partial charge in [0.2, 0.25) is 5.91 Å².